The van der Waals surface area contributed by atoms with Crippen molar-refractivity contribution in [2.75, 3.05) is 10.6 Å². The highest BCUT2D eigenvalue weighted by atomic mass is 16.4. The highest BCUT2D eigenvalue weighted by molar-refractivity contribution is 5.94. The standard InChI is InChI=1S/C19H21N3O3/c1-11-8-17(21-19(24)25)16-10-14(13-4-3-5-15(20)9-13)6-7-18(16)22(11)12(2)23/h3-7,9-11,17,21H,8,20H2,1-2H3,(H,24,25)/t11-,17+/m0/s1. The van der Waals surface area contributed by atoms with Crippen molar-refractivity contribution < 1.29 is 14.7 Å². The van der Waals surface area contributed by atoms with E-state index in [4.69, 9.17) is 10.8 Å². The Balaban J connectivity index is 2.11. The number of fused-ring (bicyclic) bond motifs is 1. The smallest absolute Gasteiger partial charge is 0.405 e. The lowest BCUT2D eigenvalue weighted by molar-refractivity contribution is -0.117. The number of carbonyl (C=O) groups excluding carboxylic acids is 1. The van der Waals surface area contributed by atoms with Crippen molar-refractivity contribution in [2.45, 2.75) is 32.4 Å². The van der Waals surface area contributed by atoms with Crippen molar-refractivity contribution in [2.24, 2.45) is 0 Å². The molecule has 130 valence electrons. The first-order valence-corrected chi connectivity index (χ1v) is 8.16. The molecule has 3 rings (SSSR count). The van der Waals surface area contributed by atoms with Crippen LogP contribution in [0.25, 0.3) is 11.1 Å². The summed E-state index contributed by atoms with van der Waals surface area (Å²) in [5, 5.41) is 11.7. The molecule has 0 spiro atoms. The number of nitrogens with zero attached hydrogens (tertiary/aromatic N) is 1. The molecule has 1 aliphatic rings. The number of benzene rings is 2. The van der Waals surface area contributed by atoms with Crippen molar-refractivity contribution in [1.29, 1.82) is 0 Å². The molecule has 1 aliphatic heterocycles. The first-order chi connectivity index (χ1) is 11.9. The highest BCUT2D eigenvalue weighted by Gasteiger charge is 2.33. The molecule has 2 aromatic carbocycles. The predicted molar refractivity (Wildman–Crippen MR) is 97.4 cm³/mol. The second kappa shape index (κ2) is 6.47. The molecule has 6 heteroatoms. The maximum absolute atomic E-state index is 12.1. The van der Waals surface area contributed by atoms with Crippen molar-refractivity contribution >= 4 is 23.4 Å². The average molecular weight is 339 g/mol. The largest absolute Gasteiger partial charge is 0.465 e. The molecule has 0 aliphatic carbocycles. The van der Waals surface area contributed by atoms with Gasteiger partial charge in [-0.2, -0.15) is 0 Å². The topological polar surface area (TPSA) is 95.7 Å². The SMILES string of the molecule is CC(=O)N1c2ccc(-c3cccc(N)c3)cc2[C@H](NC(=O)O)C[C@@H]1C. The van der Waals surface area contributed by atoms with Crippen LogP contribution < -0.4 is 16.0 Å². The van der Waals surface area contributed by atoms with E-state index in [2.05, 4.69) is 5.32 Å². The number of nitrogens with one attached hydrogen (secondary N) is 1. The monoisotopic (exact) mass is 339 g/mol. The van der Waals surface area contributed by atoms with Crippen LogP contribution in [0.3, 0.4) is 0 Å². The number of anilines is 2. The molecule has 4 N–H and O–H groups in total. The number of rotatable bonds is 2. The van der Waals surface area contributed by atoms with E-state index in [1.165, 1.54) is 6.92 Å². The van der Waals surface area contributed by atoms with Crippen LogP contribution in [-0.4, -0.2) is 23.1 Å². The third kappa shape index (κ3) is 3.28. The molecule has 2 amide bonds. The first kappa shape index (κ1) is 16.8. The van der Waals surface area contributed by atoms with Gasteiger partial charge in [-0.1, -0.05) is 18.2 Å². The molecule has 0 unspecified atom stereocenters. The van der Waals surface area contributed by atoms with Crippen molar-refractivity contribution in [3.05, 3.63) is 48.0 Å². The molecule has 1 heterocycles. The molecule has 25 heavy (non-hydrogen) atoms. The molecule has 0 fully saturated rings. The summed E-state index contributed by atoms with van der Waals surface area (Å²) in [6, 6.07) is 12.8. The fraction of sp³-hybridized carbons (Fsp3) is 0.263. The molecule has 0 radical (unpaired) electrons. The Kier molecular flexibility index (Phi) is 4.35. The van der Waals surface area contributed by atoms with Gasteiger partial charge in [-0.3, -0.25) is 4.79 Å². The van der Waals surface area contributed by atoms with Gasteiger partial charge in [-0.15, -0.1) is 0 Å². The number of amides is 2. The van der Waals surface area contributed by atoms with E-state index in [0.29, 0.717) is 12.1 Å². The molecular formula is C19H21N3O3. The minimum absolute atomic E-state index is 0.0563. The molecule has 0 saturated carbocycles. The van der Waals surface area contributed by atoms with Crippen LogP contribution in [0, 0.1) is 0 Å². The van der Waals surface area contributed by atoms with Gasteiger partial charge in [-0.05, 0) is 54.3 Å². The average Bonchev–Trinajstić information content (AvgIpc) is 2.53. The molecule has 2 aromatic rings. The van der Waals surface area contributed by atoms with Crippen LogP contribution in [0.4, 0.5) is 16.2 Å². The normalized spacial score (nSPS) is 19.2. The third-order valence-electron chi connectivity index (χ3n) is 4.54. The van der Waals surface area contributed by atoms with E-state index in [9.17, 15) is 9.59 Å². The van der Waals surface area contributed by atoms with Crippen LogP contribution in [0.5, 0.6) is 0 Å². The van der Waals surface area contributed by atoms with Crippen molar-refractivity contribution in [3.8, 4) is 11.1 Å². The number of nitrogen functional groups attached to an aromatic ring is 1. The quantitative estimate of drug-likeness (QED) is 0.731. The number of hydrogen-bond acceptors (Lipinski definition) is 3. The Hall–Kier alpha value is -3.02. The van der Waals surface area contributed by atoms with Crippen molar-refractivity contribution in [1.82, 2.24) is 5.32 Å². The Morgan fingerprint density at radius 3 is 2.56 bits per heavy atom. The summed E-state index contributed by atoms with van der Waals surface area (Å²) in [6.45, 7) is 3.45. The summed E-state index contributed by atoms with van der Waals surface area (Å²) < 4.78 is 0. The molecule has 0 aromatic heterocycles. The second-order valence-corrected chi connectivity index (χ2v) is 6.37. The van der Waals surface area contributed by atoms with Gasteiger partial charge in [0.2, 0.25) is 5.91 Å². The lowest BCUT2D eigenvalue weighted by Gasteiger charge is -2.39. The van der Waals surface area contributed by atoms with E-state index in [1.807, 2.05) is 49.4 Å². The Labute approximate surface area is 146 Å². The Morgan fingerprint density at radius 2 is 1.92 bits per heavy atom. The minimum Gasteiger partial charge on any atom is -0.465 e. The van der Waals surface area contributed by atoms with Gasteiger partial charge in [0.25, 0.3) is 0 Å². The Bertz CT molecular complexity index is 834. The fourth-order valence-electron chi connectivity index (χ4n) is 3.53. The van der Waals surface area contributed by atoms with Gasteiger partial charge in [0.1, 0.15) is 0 Å². The molecule has 0 bridgehead atoms. The molecule has 0 saturated heterocycles. The predicted octanol–water partition coefficient (Wildman–Crippen LogP) is 3.39. The lowest BCUT2D eigenvalue weighted by Crippen LogP contribution is -2.45. The van der Waals surface area contributed by atoms with Crippen LogP contribution in [-0.2, 0) is 4.79 Å². The molecular weight excluding hydrogens is 318 g/mol. The molecule has 2 atom stereocenters. The van der Waals surface area contributed by atoms with Gasteiger partial charge in [0, 0.05) is 24.3 Å². The maximum Gasteiger partial charge on any atom is 0.405 e. The van der Waals surface area contributed by atoms with Crippen LogP contribution in [0.15, 0.2) is 42.5 Å². The van der Waals surface area contributed by atoms with E-state index in [0.717, 1.165) is 22.4 Å². The summed E-state index contributed by atoms with van der Waals surface area (Å²) in [5.74, 6) is -0.0563. The molecule has 6 nitrogen and oxygen atoms in total. The van der Waals surface area contributed by atoms with Gasteiger partial charge < -0.3 is 21.1 Å². The van der Waals surface area contributed by atoms with Crippen molar-refractivity contribution in [3.63, 3.8) is 0 Å². The van der Waals surface area contributed by atoms with Gasteiger partial charge >= 0.3 is 6.09 Å². The van der Waals surface area contributed by atoms with Gasteiger partial charge in [0.05, 0.1) is 6.04 Å². The summed E-state index contributed by atoms with van der Waals surface area (Å²) >= 11 is 0. The van der Waals surface area contributed by atoms with Gasteiger partial charge in [-0.25, -0.2) is 4.79 Å². The third-order valence-corrected chi connectivity index (χ3v) is 4.54. The number of hydrogen-bond donors (Lipinski definition) is 3. The van der Waals surface area contributed by atoms with Crippen LogP contribution >= 0.6 is 0 Å². The van der Waals surface area contributed by atoms with Crippen LogP contribution in [0.2, 0.25) is 0 Å². The lowest BCUT2D eigenvalue weighted by atomic mass is 9.89. The fourth-order valence-corrected chi connectivity index (χ4v) is 3.53. The zero-order valence-corrected chi connectivity index (χ0v) is 14.2. The summed E-state index contributed by atoms with van der Waals surface area (Å²) in [7, 11) is 0. The zero-order chi connectivity index (χ0) is 18.1. The Morgan fingerprint density at radius 1 is 1.20 bits per heavy atom. The van der Waals surface area contributed by atoms with E-state index >= 15 is 0 Å². The number of carboxylic acid groups (broad SMARTS) is 1. The van der Waals surface area contributed by atoms with E-state index < -0.39 is 6.09 Å². The summed E-state index contributed by atoms with van der Waals surface area (Å²) in [4.78, 5) is 25.0. The summed E-state index contributed by atoms with van der Waals surface area (Å²) in [6.07, 6.45) is -0.548. The minimum atomic E-state index is -1.08. The number of nitrogens with two attached hydrogens (primary N) is 1. The number of carbonyl (C=O) groups is 2. The maximum atomic E-state index is 12.1. The van der Waals surface area contributed by atoms with E-state index in [-0.39, 0.29) is 18.0 Å². The zero-order valence-electron chi connectivity index (χ0n) is 14.2. The highest BCUT2D eigenvalue weighted by Crippen LogP contribution is 2.39. The van der Waals surface area contributed by atoms with Gasteiger partial charge in [0.15, 0.2) is 0 Å². The van der Waals surface area contributed by atoms with Crippen LogP contribution in [0.1, 0.15) is 31.9 Å². The summed E-state index contributed by atoms with van der Waals surface area (Å²) in [5.41, 5.74) is 9.96. The second-order valence-electron chi connectivity index (χ2n) is 6.37. The first-order valence-electron chi connectivity index (χ1n) is 8.16. The van der Waals surface area contributed by atoms with E-state index in [1.54, 1.807) is 4.90 Å².